The van der Waals surface area contributed by atoms with Crippen LogP contribution in [0.25, 0.3) is 0 Å². The van der Waals surface area contributed by atoms with Gasteiger partial charge in [-0.15, -0.1) is 0 Å². The molecule has 1 aromatic heterocycles. The molecule has 2 rings (SSSR count). The van der Waals surface area contributed by atoms with Crippen LogP contribution < -0.4 is 10.6 Å². The van der Waals surface area contributed by atoms with E-state index in [1.807, 2.05) is 28.8 Å². The zero-order chi connectivity index (χ0) is 23.3. The molecule has 0 aliphatic rings. The number of hydrogen-bond donors (Lipinski definition) is 3. The van der Waals surface area contributed by atoms with Crippen LogP contribution in [0.15, 0.2) is 77.9 Å². The van der Waals surface area contributed by atoms with E-state index in [9.17, 15) is 14.3 Å². The van der Waals surface area contributed by atoms with E-state index < -0.39 is 0 Å². The van der Waals surface area contributed by atoms with Crippen LogP contribution in [0.5, 0.6) is 0 Å². The van der Waals surface area contributed by atoms with E-state index in [2.05, 4.69) is 22.2 Å². The number of aliphatic hydroxyl groups excluding tert-OH is 1. The van der Waals surface area contributed by atoms with Gasteiger partial charge in [0.25, 0.3) is 0 Å². The number of benzene rings is 1. The first-order valence-electron chi connectivity index (χ1n) is 10.3. The molecule has 0 fully saturated rings. The van der Waals surface area contributed by atoms with Gasteiger partial charge in [-0.1, -0.05) is 18.7 Å². The summed E-state index contributed by atoms with van der Waals surface area (Å²) in [7, 11) is 1.78. The van der Waals surface area contributed by atoms with E-state index in [4.69, 9.17) is 0 Å². The molecule has 6 nitrogen and oxygen atoms in total. The number of nitrogens with one attached hydrogen (secondary N) is 2. The van der Waals surface area contributed by atoms with Crippen molar-refractivity contribution in [2.24, 2.45) is 0 Å². The number of allylic oxidation sites excluding steroid dienone is 5. The number of halogens is 1. The zero-order valence-corrected chi connectivity index (χ0v) is 23.4. The third-order valence-electron chi connectivity index (χ3n) is 4.76. The first-order valence-corrected chi connectivity index (χ1v) is 16.6. The maximum atomic E-state index is 13.9. The van der Waals surface area contributed by atoms with Crippen LogP contribution in [0.1, 0.15) is 31.5 Å². The first kappa shape index (κ1) is 26.5. The molecule has 1 amide bonds. The molecule has 1 aromatic carbocycles. The molecule has 2 aromatic rings. The molecule has 3 N–H and O–H groups in total. The van der Waals surface area contributed by atoms with Gasteiger partial charge in [0.05, 0.1) is 0 Å². The number of hydrogen-bond acceptors (Lipinski definition) is 5. The van der Waals surface area contributed by atoms with Crippen LogP contribution in [0.3, 0.4) is 0 Å². The second kappa shape index (κ2) is 14.4. The van der Waals surface area contributed by atoms with Crippen LogP contribution >= 0.6 is 8.31 Å². The maximum absolute atomic E-state index is 13.9. The SMILES string of the molecule is C=C/C(=C\C(F)=C/C)C(CCCO)n1cncc1CNCC(=O)Nc1cccc([S][Tl])c1. The third kappa shape index (κ3) is 8.30. The average molecular weight is 648 g/mol. The molecular weight excluding hydrogens is 620 g/mol. The molecule has 0 saturated carbocycles. The van der Waals surface area contributed by atoms with Gasteiger partial charge in [0, 0.05) is 6.61 Å². The molecule has 0 aliphatic heterocycles. The van der Waals surface area contributed by atoms with Gasteiger partial charge < -0.3 is 5.11 Å². The number of carbonyl (C=O) groups excluding carboxylic acids is 1. The Hall–Kier alpha value is -1.76. The monoisotopic (exact) mass is 648 g/mol. The molecule has 0 aliphatic carbocycles. The molecule has 1 heterocycles. The van der Waals surface area contributed by atoms with Crippen LogP contribution in [0.2, 0.25) is 0 Å². The summed E-state index contributed by atoms with van der Waals surface area (Å²) in [6.45, 7) is 6.05. The van der Waals surface area contributed by atoms with Gasteiger partial charge in [-0.3, -0.25) is 0 Å². The molecule has 168 valence electrons. The number of amides is 1. The Morgan fingerprint density at radius 1 is 1.47 bits per heavy atom. The quantitative estimate of drug-likeness (QED) is 0.226. The summed E-state index contributed by atoms with van der Waals surface area (Å²) >= 11 is 0.796. The second-order valence-electron chi connectivity index (χ2n) is 6.99. The fourth-order valence-electron chi connectivity index (χ4n) is 3.19. The molecule has 32 heavy (non-hydrogen) atoms. The van der Waals surface area contributed by atoms with Gasteiger partial charge in [0.1, 0.15) is 5.83 Å². The van der Waals surface area contributed by atoms with Crippen molar-refractivity contribution in [1.29, 1.82) is 0 Å². The van der Waals surface area contributed by atoms with Gasteiger partial charge in [0.15, 0.2) is 0 Å². The number of rotatable bonds is 13. The Morgan fingerprint density at radius 3 is 2.97 bits per heavy atom. The predicted octanol–water partition coefficient (Wildman–Crippen LogP) is 4.09. The van der Waals surface area contributed by atoms with Crippen molar-refractivity contribution in [2.75, 3.05) is 18.5 Å². The number of aromatic nitrogens is 2. The van der Waals surface area contributed by atoms with Crippen LogP contribution in [-0.2, 0) is 11.3 Å². The summed E-state index contributed by atoms with van der Waals surface area (Å²) in [5.74, 6) is -0.480. The Kier molecular flexibility index (Phi) is 11.9. The number of imidazole rings is 1. The zero-order valence-electron chi connectivity index (χ0n) is 18.1. The van der Waals surface area contributed by atoms with Gasteiger partial charge in [-0.05, 0) is 31.4 Å². The van der Waals surface area contributed by atoms with Crippen LogP contribution in [-0.4, -0.2) is 58.0 Å². The molecule has 0 saturated heterocycles. The van der Waals surface area contributed by atoms with Crippen molar-refractivity contribution in [3.05, 3.63) is 78.7 Å². The average Bonchev–Trinajstić information content (AvgIpc) is 3.26. The molecule has 0 spiro atoms. The Bertz CT molecular complexity index is 961. The number of anilines is 1. The van der Waals surface area contributed by atoms with E-state index in [0.717, 1.165) is 40.5 Å². The third-order valence-corrected chi connectivity index (χ3v) is 8.46. The summed E-state index contributed by atoms with van der Waals surface area (Å²) < 4.78 is 15.9. The molecule has 0 bridgehead atoms. The Morgan fingerprint density at radius 2 is 2.28 bits per heavy atom. The normalized spacial score (nSPS) is 13.1. The Labute approximate surface area is 206 Å². The first-order chi connectivity index (χ1) is 15.5. The van der Waals surface area contributed by atoms with E-state index in [-0.39, 0.29) is 30.9 Å². The number of aliphatic hydroxyl groups is 1. The summed E-state index contributed by atoms with van der Waals surface area (Å²) in [5.41, 5.74) is 2.33. The summed E-state index contributed by atoms with van der Waals surface area (Å²) in [5, 5.41) is 15.4. The van der Waals surface area contributed by atoms with Crippen molar-refractivity contribution in [3.63, 3.8) is 0 Å². The Balaban J connectivity index is 2.05. The summed E-state index contributed by atoms with van der Waals surface area (Å²) in [4.78, 5) is 17.7. The molecule has 9 heteroatoms. The van der Waals surface area contributed by atoms with E-state index in [1.54, 1.807) is 33.8 Å². The van der Waals surface area contributed by atoms with E-state index in [0.29, 0.717) is 25.0 Å². The van der Waals surface area contributed by atoms with Crippen molar-refractivity contribution in [1.82, 2.24) is 14.9 Å². The number of nitrogens with zero attached hydrogens (tertiary/aromatic N) is 2. The fraction of sp³-hybridized carbons (Fsp3) is 0.304. The van der Waals surface area contributed by atoms with Crippen molar-refractivity contribution in [3.8, 4) is 0 Å². The second-order valence-corrected chi connectivity index (χ2v) is 10.4. The molecule has 0 radical (unpaired) electrons. The van der Waals surface area contributed by atoms with Crippen molar-refractivity contribution in [2.45, 2.75) is 37.2 Å². The minimum absolute atomic E-state index is 0.0375. The standard InChI is InChI=1S/C23H29FN4O2S.Tl/c1-3-17(11-18(24)4-2)22(9-6-10-29)28-16-26-14-20(28)13-25-15-23(30)27-19-7-5-8-21(31)12-19;/h3-5,7-8,11-12,14,16,22,25,29,31H,1,6,9-10,13,15H2,2H3,(H,27,30);/q;+1/p-1/b17-11+,18-4+;. The van der Waals surface area contributed by atoms with Crippen LogP contribution in [0.4, 0.5) is 10.1 Å². The fourth-order valence-corrected chi connectivity index (χ4v) is 5.25. The molecule has 1 atom stereocenters. The summed E-state index contributed by atoms with van der Waals surface area (Å²) in [6, 6.07) is 7.57. The van der Waals surface area contributed by atoms with Gasteiger partial charge >= 0.3 is 136 Å². The van der Waals surface area contributed by atoms with Gasteiger partial charge in [-0.25, -0.2) is 4.39 Å². The summed E-state index contributed by atoms with van der Waals surface area (Å²) in [6.07, 6.45) is 9.02. The van der Waals surface area contributed by atoms with E-state index in [1.165, 1.54) is 12.2 Å². The number of carbonyl (C=O) groups is 1. The minimum atomic E-state index is -0.348. The van der Waals surface area contributed by atoms with Crippen molar-refractivity contribution >= 4 is 44.2 Å². The van der Waals surface area contributed by atoms with E-state index >= 15 is 0 Å². The molecular formula is C23H28FN4O2STl. The molecule has 1 unspecified atom stereocenters. The van der Waals surface area contributed by atoms with Crippen molar-refractivity contribution < 1.29 is 14.3 Å². The van der Waals surface area contributed by atoms with Gasteiger partial charge in [-0.2, -0.15) is 0 Å². The predicted molar refractivity (Wildman–Crippen MR) is 129 cm³/mol. The van der Waals surface area contributed by atoms with Gasteiger partial charge in [0.2, 0.25) is 0 Å². The van der Waals surface area contributed by atoms with Crippen LogP contribution in [0, 0.1) is 0 Å². The topological polar surface area (TPSA) is 79.2 Å².